The standard InChI is InChI=1S/C23H32N6O2.HI/c1-5-17(6-2)22-14-21(31-28-22)16-26-23(24-7-3)25-15-18-12-13-29(27-18)19-8-10-20(30-4)11-9-19;/h8-14,17H,5-7,15-16H2,1-4H3,(H2,24,25,26);1H. The van der Waals surface area contributed by atoms with E-state index >= 15 is 0 Å². The van der Waals surface area contributed by atoms with Crippen molar-refractivity contribution in [2.45, 2.75) is 52.6 Å². The van der Waals surface area contributed by atoms with Gasteiger partial charge in [0.1, 0.15) is 5.75 Å². The van der Waals surface area contributed by atoms with Crippen LogP contribution < -0.4 is 15.4 Å². The molecule has 0 saturated carbocycles. The van der Waals surface area contributed by atoms with Crippen LogP contribution in [0.1, 0.15) is 56.7 Å². The van der Waals surface area contributed by atoms with E-state index in [1.807, 2.05) is 54.2 Å². The fraction of sp³-hybridized carbons (Fsp3) is 0.435. The van der Waals surface area contributed by atoms with Gasteiger partial charge in [0.05, 0.1) is 37.3 Å². The first-order chi connectivity index (χ1) is 15.2. The van der Waals surface area contributed by atoms with Crippen LogP contribution in [0.2, 0.25) is 0 Å². The highest BCUT2D eigenvalue weighted by atomic mass is 127. The minimum absolute atomic E-state index is 0. The van der Waals surface area contributed by atoms with Crippen LogP contribution in [0, 0.1) is 0 Å². The summed E-state index contributed by atoms with van der Waals surface area (Å²) in [7, 11) is 1.66. The third kappa shape index (κ3) is 6.98. The maximum Gasteiger partial charge on any atom is 0.192 e. The van der Waals surface area contributed by atoms with Gasteiger partial charge in [-0.2, -0.15) is 5.10 Å². The number of ether oxygens (including phenoxy) is 1. The number of methoxy groups -OCH3 is 1. The maximum absolute atomic E-state index is 5.49. The highest BCUT2D eigenvalue weighted by molar-refractivity contribution is 14.0. The number of aromatic nitrogens is 3. The summed E-state index contributed by atoms with van der Waals surface area (Å²) in [6, 6.07) is 11.8. The van der Waals surface area contributed by atoms with Crippen LogP contribution in [0.15, 0.2) is 52.1 Å². The van der Waals surface area contributed by atoms with E-state index in [0.717, 1.165) is 48.0 Å². The van der Waals surface area contributed by atoms with Crippen molar-refractivity contribution in [1.29, 1.82) is 0 Å². The second kappa shape index (κ2) is 13.1. The molecule has 0 aliphatic rings. The summed E-state index contributed by atoms with van der Waals surface area (Å²) >= 11 is 0. The Labute approximate surface area is 206 Å². The normalized spacial score (nSPS) is 11.3. The zero-order valence-corrected chi connectivity index (χ0v) is 21.5. The van der Waals surface area contributed by atoms with Gasteiger partial charge in [0, 0.05) is 24.7 Å². The molecular formula is C23H33IN6O2. The van der Waals surface area contributed by atoms with Crippen LogP contribution >= 0.6 is 24.0 Å². The predicted molar refractivity (Wildman–Crippen MR) is 137 cm³/mol. The fourth-order valence-electron chi connectivity index (χ4n) is 3.31. The van der Waals surface area contributed by atoms with E-state index in [-0.39, 0.29) is 24.0 Å². The van der Waals surface area contributed by atoms with Crippen molar-refractivity contribution in [2.24, 2.45) is 4.99 Å². The summed E-state index contributed by atoms with van der Waals surface area (Å²) in [4.78, 5) is 4.64. The molecule has 0 unspecified atom stereocenters. The van der Waals surface area contributed by atoms with Crippen molar-refractivity contribution in [1.82, 2.24) is 25.6 Å². The summed E-state index contributed by atoms with van der Waals surface area (Å²) in [5.74, 6) is 2.78. The third-order valence-electron chi connectivity index (χ3n) is 5.14. The van der Waals surface area contributed by atoms with Gasteiger partial charge in [-0.15, -0.1) is 24.0 Å². The van der Waals surface area contributed by atoms with Crippen molar-refractivity contribution in [2.75, 3.05) is 13.7 Å². The number of benzene rings is 1. The Balaban J connectivity index is 0.00000363. The second-order valence-electron chi connectivity index (χ2n) is 7.23. The molecule has 9 heteroatoms. The number of aliphatic imine (C=N–C) groups is 1. The SMILES string of the molecule is CCNC(=NCc1ccn(-c2ccc(OC)cc2)n1)NCc1cc(C(CC)CC)no1.I. The molecule has 2 aromatic heterocycles. The lowest BCUT2D eigenvalue weighted by Gasteiger charge is -2.09. The number of halogens is 1. The molecule has 1 aromatic carbocycles. The fourth-order valence-corrected chi connectivity index (χ4v) is 3.31. The number of guanidine groups is 1. The number of hydrogen-bond acceptors (Lipinski definition) is 5. The molecule has 2 N–H and O–H groups in total. The molecule has 0 radical (unpaired) electrons. The van der Waals surface area contributed by atoms with E-state index in [1.54, 1.807) is 7.11 Å². The predicted octanol–water partition coefficient (Wildman–Crippen LogP) is 4.65. The van der Waals surface area contributed by atoms with Crippen LogP contribution in [0.4, 0.5) is 0 Å². The molecule has 0 saturated heterocycles. The van der Waals surface area contributed by atoms with Gasteiger partial charge in [-0.05, 0) is 50.1 Å². The number of nitrogens with one attached hydrogen (secondary N) is 2. The molecule has 8 nitrogen and oxygen atoms in total. The molecule has 32 heavy (non-hydrogen) atoms. The van der Waals surface area contributed by atoms with Crippen LogP contribution in [-0.2, 0) is 13.1 Å². The molecular weight excluding hydrogens is 519 g/mol. The molecule has 3 aromatic rings. The highest BCUT2D eigenvalue weighted by Gasteiger charge is 2.13. The van der Waals surface area contributed by atoms with Crippen LogP contribution in [0.3, 0.4) is 0 Å². The Morgan fingerprint density at radius 3 is 2.53 bits per heavy atom. The zero-order chi connectivity index (χ0) is 22.1. The number of nitrogens with zero attached hydrogens (tertiary/aromatic N) is 4. The van der Waals surface area contributed by atoms with Crippen LogP contribution in [0.5, 0.6) is 5.75 Å². The van der Waals surface area contributed by atoms with E-state index in [4.69, 9.17) is 9.26 Å². The van der Waals surface area contributed by atoms with E-state index < -0.39 is 0 Å². The van der Waals surface area contributed by atoms with E-state index in [9.17, 15) is 0 Å². The van der Waals surface area contributed by atoms with Crippen LogP contribution in [-0.4, -0.2) is 34.6 Å². The summed E-state index contributed by atoms with van der Waals surface area (Å²) < 4.78 is 12.5. The number of rotatable bonds is 10. The lowest BCUT2D eigenvalue weighted by molar-refractivity contribution is 0.368. The molecule has 3 rings (SSSR count). The van der Waals surface area contributed by atoms with Gasteiger partial charge >= 0.3 is 0 Å². The Kier molecular flexibility index (Phi) is 10.5. The topological polar surface area (TPSA) is 89.5 Å². The summed E-state index contributed by atoms with van der Waals surface area (Å²) in [5.41, 5.74) is 2.87. The van der Waals surface area contributed by atoms with Crippen molar-refractivity contribution < 1.29 is 9.26 Å². The van der Waals surface area contributed by atoms with Gasteiger partial charge in [0.25, 0.3) is 0 Å². The van der Waals surface area contributed by atoms with Gasteiger partial charge in [-0.3, -0.25) is 0 Å². The molecule has 0 aliphatic carbocycles. The number of hydrogen-bond donors (Lipinski definition) is 2. The molecule has 0 fully saturated rings. The minimum atomic E-state index is 0. The Bertz CT molecular complexity index is 963. The Morgan fingerprint density at radius 1 is 1.12 bits per heavy atom. The maximum atomic E-state index is 5.49. The molecule has 0 atom stereocenters. The lowest BCUT2D eigenvalue weighted by atomic mass is 9.99. The molecule has 174 valence electrons. The third-order valence-corrected chi connectivity index (χ3v) is 5.14. The smallest absolute Gasteiger partial charge is 0.192 e. The van der Waals surface area contributed by atoms with Crippen molar-refractivity contribution in [3.05, 3.63) is 59.7 Å². The monoisotopic (exact) mass is 552 g/mol. The Hall–Kier alpha value is -2.56. The average Bonchev–Trinajstić information content (AvgIpc) is 3.47. The van der Waals surface area contributed by atoms with Crippen molar-refractivity contribution in [3.8, 4) is 11.4 Å². The highest BCUT2D eigenvalue weighted by Crippen LogP contribution is 2.22. The van der Waals surface area contributed by atoms with Gasteiger partial charge < -0.3 is 19.9 Å². The molecule has 0 aliphatic heterocycles. The largest absolute Gasteiger partial charge is 0.497 e. The summed E-state index contributed by atoms with van der Waals surface area (Å²) in [5, 5.41) is 15.4. The van der Waals surface area contributed by atoms with Gasteiger partial charge in [0.2, 0.25) is 0 Å². The van der Waals surface area contributed by atoms with E-state index in [1.165, 1.54) is 0 Å². The van der Waals surface area contributed by atoms with E-state index in [0.29, 0.717) is 25.0 Å². The summed E-state index contributed by atoms with van der Waals surface area (Å²) in [6.07, 6.45) is 4.05. The van der Waals surface area contributed by atoms with Crippen molar-refractivity contribution >= 4 is 29.9 Å². The van der Waals surface area contributed by atoms with Gasteiger partial charge in [0.15, 0.2) is 11.7 Å². The molecule has 0 bridgehead atoms. The first-order valence-corrected chi connectivity index (χ1v) is 10.8. The first kappa shape index (κ1) is 25.7. The lowest BCUT2D eigenvalue weighted by Crippen LogP contribution is -2.36. The molecule has 2 heterocycles. The molecule has 0 amide bonds. The quantitative estimate of drug-likeness (QED) is 0.216. The van der Waals surface area contributed by atoms with Gasteiger partial charge in [-0.25, -0.2) is 9.67 Å². The van der Waals surface area contributed by atoms with Crippen LogP contribution in [0.25, 0.3) is 5.69 Å². The minimum Gasteiger partial charge on any atom is -0.497 e. The summed E-state index contributed by atoms with van der Waals surface area (Å²) in [6.45, 7) is 8.14. The van der Waals surface area contributed by atoms with E-state index in [2.05, 4.69) is 39.7 Å². The van der Waals surface area contributed by atoms with Gasteiger partial charge in [-0.1, -0.05) is 19.0 Å². The second-order valence-corrected chi connectivity index (χ2v) is 7.23. The Morgan fingerprint density at radius 2 is 1.88 bits per heavy atom. The zero-order valence-electron chi connectivity index (χ0n) is 19.2. The van der Waals surface area contributed by atoms with Crippen molar-refractivity contribution in [3.63, 3.8) is 0 Å². The molecule has 0 spiro atoms. The first-order valence-electron chi connectivity index (χ1n) is 10.8. The average molecular weight is 552 g/mol.